The number of carbonyl (C=O) groups excluding carboxylic acids is 1. The lowest BCUT2D eigenvalue weighted by Gasteiger charge is -2.36. The molecule has 6 nitrogen and oxygen atoms in total. The van der Waals surface area contributed by atoms with Gasteiger partial charge in [-0.2, -0.15) is 5.06 Å². The standard InChI is InChI=1S/C17H25N3O3/c1-22-16-5-2-4-15(14-16)18-9-11-19(12-10-18)17(21)6-8-20-7-3-13-23-20/h2,4-5,14H,3,6-13H2,1H3. The predicted molar refractivity (Wildman–Crippen MR) is 88.5 cm³/mol. The van der Waals surface area contributed by atoms with Gasteiger partial charge in [0.2, 0.25) is 5.91 Å². The molecule has 1 amide bonds. The molecule has 2 aliphatic rings. The van der Waals surface area contributed by atoms with Gasteiger partial charge in [-0.05, 0) is 18.6 Å². The molecule has 1 aromatic carbocycles. The van der Waals surface area contributed by atoms with Crippen LogP contribution in [0.1, 0.15) is 12.8 Å². The van der Waals surface area contributed by atoms with Crippen LogP contribution in [0.2, 0.25) is 0 Å². The fourth-order valence-electron chi connectivity index (χ4n) is 3.08. The summed E-state index contributed by atoms with van der Waals surface area (Å²) in [4.78, 5) is 22.0. The van der Waals surface area contributed by atoms with Crippen molar-refractivity contribution in [2.45, 2.75) is 12.8 Å². The Morgan fingerprint density at radius 1 is 1.22 bits per heavy atom. The summed E-state index contributed by atoms with van der Waals surface area (Å²) < 4.78 is 5.28. The number of hydroxylamine groups is 2. The molecule has 2 saturated heterocycles. The smallest absolute Gasteiger partial charge is 0.224 e. The van der Waals surface area contributed by atoms with Crippen LogP contribution >= 0.6 is 0 Å². The summed E-state index contributed by atoms with van der Waals surface area (Å²) in [5.41, 5.74) is 1.15. The molecular weight excluding hydrogens is 294 g/mol. The molecule has 2 fully saturated rings. The molecule has 2 heterocycles. The van der Waals surface area contributed by atoms with Crippen molar-refractivity contribution in [3.05, 3.63) is 24.3 Å². The van der Waals surface area contributed by atoms with Gasteiger partial charge in [0, 0.05) is 57.4 Å². The van der Waals surface area contributed by atoms with Crippen LogP contribution in [0.15, 0.2) is 24.3 Å². The van der Waals surface area contributed by atoms with E-state index in [1.54, 1.807) is 7.11 Å². The molecule has 0 radical (unpaired) electrons. The number of methoxy groups -OCH3 is 1. The minimum Gasteiger partial charge on any atom is -0.497 e. The highest BCUT2D eigenvalue weighted by Crippen LogP contribution is 2.22. The van der Waals surface area contributed by atoms with Crippen LogP contribution in [-0.2, 0) is 9.63 Å². The maximum atomic E-state index is 12.3. The van der Waals surface area contributed by atoms with E-state index < -0.39 is 0 Å². The van der Waals surface area contributed by atoms with Crippen molar-refractivity contribution >= 4 is 11.6 Å². The van der Waals surface area contributed by atoms with Gasteiger partial charge in [-0.15, -0.1) is 0 Å². The van der Waals surface area contributed by atoms with Crippen molar-refractivity contribution in [1.29, 1.82) is 0 Å². The summed E-state index contributed by atoms with van der Waals surface area (Å²) in [7, 11) is 1.68. The number of amides is 1. The van der Waals surface area contributed by atoms with E-state index >= 15 is 0 Å². The Bertz CT molecular complexity index is 524. The third-order valence-electron chi connectivity index (χ3n) is 4.45. The van der Waals surface area contributed by atoms with Crippen LogP contribution in [-0.4, -0.2) is 68.9 Å². The Labute approximate surface area is 137 Å². The van der Waals surface area contributed by atoms with Crippen LogP contribution in [0.4, 0.5) is 5.69 Å². The molecule has 23 heavy (non-hydrogen) atoms. The lowest BCUT2D eigenvalue weighted by Crippen LogP contribution is -2.49. The number of carbonyl (C=O) groups is 1. The van der Waals surface area contributed by atoms with E-state index in [9.17, 15) is 4.79 Å². The SMILES string of the molecule is COc1cccc(N2CCN(C(=O)CCN3CCCO3)CC2)c1. The van der Waals surface area contributed by atoms with Crippen molar-refractivity contribution in [2.75, 3.05) is 57.9 Å². The average Bonchev–Trinajstić information content (AvgIpc) is 3.13. The highest BCUT2D eigenvalue weighted by atomic mass is 16.7. The van der Waals surface area contributed by atoms with Gasteiger partial charge in [-0.1, -0.05) is 6.07 Å². The van der Waals surface area contributed by atoms with Crippen LogP contribution in [0.3, 0.4) is 0 Å². The van der Waals surface area contributed by atoms with Crippen LogP contribution in [0, 0.1) is 0 Å². The maximum Gasteiger partial charge on any atom is 0.224 e. The molecular formula is C17H25N3O3. The summed E-state index contributed by atoms with van der Waals surface area (Å²) >= 11 is 0. The molecule has 0 N–H and O–H groups in total. The molecule has 0 aromatic heterocycles. The van der Waals surface area contributed by atoms with Gasteiger partial charge >= 0.3 is 0 Å². The number of ether oxygens (including phenoxy) is 1. The summed E-state index contributed by atoms with van der Waals surface area (Å²) in [6, 6.07) is 8.08. The quantitative estimate of drug-likeness (QED) is 0.820. The molecule has 3 rings (SSSR count). The van der Waals surface area contributed by atoms with Gasteiger partial charge in [-0.3, -0.25) is 9.63 Å². The van der Waals surface area contributed by atoms with Crippen LogP contribution < -0.4 is 9.64 Å². The van der Waals surface area contributed by atoms with Crippen molar-refractivity contribution in [2.24, 2.45) is 0 Å². The van der Waals surface area contributed by atoms with Gasteiger partial charge < -0.3 is 14.5 Å². The second kappa shape index (κ2) is 7.66. The number of benzene rings is 1. The number of piperazine rings is 1. The molecule has 1 aromatic rings. The van der Waals surface area contributed by atoms with Gasteiger partial charge in [0.1, 0.15) is 5.75 Å². The summed E-state index contributed by atoms with van der Waals surface area (Å²) in [5, 5.41) is 1.91. The van der Waals surface area contributed by atoms with Crippen molar-refractivity contribution < 1.29 is 14.4 Å². The van der Waals surface area contributed by atoms with Gasteiger partial charge in [0.15, 0.2) is 0 Å². The van der Waals surface area contributed by atoms with E-state index in [0.29, 0.717) is 13.0 Å². The zero-order chi connectivity index (χ0) is 16.1. The molecule has 0 aliphatic carbocycles. The molecule has 6 heteroatoms. The summed E-state index contributed by atoms with van der Waals surface area (Å²) in [5.74, 6) is 1.09. The Morgan fingerprint density at radius 3 is 2.74 bits per heavy atom. The molecule has 0 spiro atoms. The molecule has 0 unspecified atom stereocenters. The van der Waals surface area contributed by atoms with E-state index in [1.165, 1.54) is 0 Å². The van der Waals surface area contributed by atoms with Gasteiger partial charge in [0.25, 0.3) is 0 Å². The predicted octanol–water partition coefficient (Wildman–Crippen LogP) is 1.37. The molecule has 0 bridgehead atoms. The number of hydrogen-bond donors (Lipinski definition) is 0. The van der Waals surface area contributed by atoms with E-state index in [4.69, 9.17) is 9.57 Å². The highest BCUT2D eigenvalue weighted by molar-refractivity contribution is 5.76. The first kappa shape index (κ1) is 16.1. The number of rotatable bonds is 5. The second-order valence-electron chi connectivity index (χ2n) is 5.94. The van der Waals surface area contributed by atoms with Crippen LogP contribution in [0.25, 0.3) is 0 Å². The molecule has 0 atom stereocenters. The number of nitrogens with zero attached hydrogens (tertiary/aromatic N) is 3. The van der Waals surface area contributed by atoms with Crippen molar-refractivity contribution in [3.8, 4) is 5.75 Å². The largest absolute Gasteiger partial charge is 0.497 e. The number of hydrogen-bond acceptors (Lipinski definition) is 5. The van der Waals surface area contributed by atoms with E-state index in [1.807, 2.05) is 28.2 Å². The molecule has 2 aliphatic heterocycles. The summed E-state index contributed by atoms with van der Waals surface area (Å²) in [6.07, 6.45) is 1.60. The Hall–Kier alpha value is -1.79. The minimum absolute atomic E-state index is 0.228. The minimum atomic E-state index is 0.228. The monoisotopic (exact) mass is 319 g/mol. The fourth-order valence-corrected chi connectivity index (χ4v) is 3.08. The van der Waals surface area contributed by atoms with Crippen molar-refractivity contribution in [1.82, 2.24) is 9.96 Å². The van der Waals surface area contributed by atoms with E-state index in [2.05, 4.69) is 11.0 Å². The first-order chi connectivity index (χ1) is 11.3. The fraction of sp³-hybridized carbons (Fsp3) is 0.588. The van der Waals surface area contributed by atoms with Gasteiger partial charge in [0.05, 0.1) is 13.7 Å². The Balaban J connectivity index is 1.46. The molecule has 0 saturated carbocycles. The van der Waals surface area contributed by atoms with E-state index in [-0.39, 0.29) is 5.91 Å². The maximum absolute atomic E-state index is 12.3. The Morgan fingerprint density at radius 2 is 2.04 bits per heavy atom. The summed E-state index contributed by atoms with van der Waals surface area (Å²) in [6.45, 7) is 5.70. The average molecular weight is 319 g/mol. The highest BCUT2D eigenvalue weighted by Gasteiger charge is 2.22. The zero-order valence-corrected chi connectivity index (χ0v) is 13.7. The lowest BCUT2D eigenvalue weighted by atomic mass is 10.2. The van der Waals surface area contributed by atoms with Crippen LogP contribution in [0.5, 0.6) is 5.75 Å². The third-order valence-corrected chi connectivity index (χ3v) is 4.45. The van der Waals surface area contributed by atoms with Gasteiger partial charge in [-0.25, -0.2) is 0 Å². The van der Waals surface area contributed by atoms with Crippen molar-refractivity contribution in [3.63, 3.8) is 0 Å². The lowest BCUT2D eigenvalue weighted by molar-refractivity contribution is -0.139. The number of anilines is 1. The van der Waals surface area contributed by atoms with E-state index in [0.717, 1.165) is 57.2 Å². The molecule has 126 valence electrons. The zero-order valence-electron chi connectivity index (χ0n) is 13.7. The Kier molecular flexibility index (Phi) is 5.35. The third kappa shape index (κ3) is 4.14. The first-order valence-electron chi connectivity index (χ1n) is 8.31. The first-order valence-corrected chi connectivity index (χ1v) is 8.31. The second-order valence-corrected chi connectivity index (χ2v) is 5.94. The normalized spacial score (nSPS) is 19.2. The topological polar surface area (TPSA) is 45.2 Å².